The fourth-order valence-corrected chi connectivity index (χ4v) is 2.55. The molecular weight excluding hydrogens is 190 g/mol. The zero-order chi connectivity index (χ0) is 10.8. The summed E-state index contributed by atoms with van der Waals surface area (Å²) in [6.07, 6.45) is 0. The van der Waals surface area contributed by atoms with Gasteiger partial charge in [0.1, 0.15) is 0 Å². The van der Waals surface area contributed by atoms with E-state index in [1.807, 2.05) is 4.90 Å². The van der Waals surface area contributed by atoms with E-state index in [4.69, 9.17) is 0 Å². The predicted octanol–water partition coefficient (Wildman–Crippen LogP) is -0.242. The van der Waals surface area contributed by atoms with Crippen LogP contribution >= 0.6 is 0 Å². The maximum Gasteiger partial charge on any atom is 0.237 e. The van der Waals surface area contributed by atoms with Crippen molar-refractivity contribution in [2.45, 2.75) is 19.9 Å². The predicted molar refractivity (Wildman–Crippen MR) is 59.6 cm³/mol. The molecule has 1 N–H and O–H groups in total. The van der Waals surface area contributed by atoms with Crippen LogP contribution in [0.1, 0.15) is 13.8 Å². The number of carbonyl (C=O) groups is 1. The third-order valence-corrected chi connectivity index (χ3v) is 3.12. The zero-order valence-corrected chi connectivity index (χ0v) is 9.70. The summed E-state index contributed by atoms with van der Waals surface area (Å²) in [5.41, 5.74) is 0. The second-order valence-electron chi connectivity index (χ2n) is 5.03. The minimum Gasteiger partial charge on any atom is -0.335 e. The van der Waals surface area contributed by atoms with E-state index in [9.17, 15) is 4.79 Å². The molecule has 0 spiro atoms. The van der Waals surface area contributed by atoms with Gasteiger partial charge in [-0.05, 0) is 5.92 Å². The SMILES string of the molecule is CC(C)CN1CC(=O)N2CCNCC2C1. The van der Waals surface area contributed by atoms with Crippen molar-refractivity contribution in [3.63, 3.8) is 0 Å². The Kier molecular flexibility index (Phi) is 3.26. The van der Waals surface area contributed by atoms with Crippen molar-refractivity contribution in [2.75, 3.05) is 39.3 Å². The van der Waals surface area contributed by atoms with Gasteiger partial charge in [-0.2, -0.15) is 0 Å². The summed E-state index contributed by atoms with van der Waals surface area (Å²) in [5.74, 6) is 0.953. The minimum atomic E-state index is 0.313. The fourth-order valence-electron chi connectivity index (χ4n) is 2.55. The molecule has 15 heavy (non-hydrogen) atoms. The molecule has 0 radical (unpaired) electrons. The van der Waals surface area contributed by atoms with Crippen LogP contribution < -0.4 is 5.32 Å². The molecule has 0 aromatic carbocycles. The molecule has 0 aromatic heterocycles. The number of amides is 1. The molecule has 2 fully saturated rings. The first-order chi connectivity index (χ1) is 7.16. The largest absolute Gasteiger partial charge is 0.335 e. The number of rotatable bonds is 2. The second-order valence-corrected chi connectivity index (χ2v) is 5.03. The van der Waals surface area contributed by atoms with E-state index >= 15 is 0 Å². The molecule has 0 aromatic rings. The number of nitrogens with one attached hydrogen (secondary N) is 1. The minimum absolute atomic E-state index is 0.313. The number of hydrogen-bond donors (Lipinski definition) is 1. The van der Waals surface area contributed by atoms with Crippen LogP contribution in [0, 0.1) is 5.92 Å². The lowest BCUT2D eigenvalue weighted by Gasteiger charge is -2.44. The average Bonchev–Trinajstić information content (AvgIpc) is 2.16. The normalized spacial score (nSPS) is 28.3. The smallest absolute Gasteiger partial charge is 0.237 e. The average molecular weight is 211 g/mol. The van der Waals surface area contributed by atoms with Crippen molar-refractivity contribution in [1.82, 2.24) is 15.1 Å². The molecule has 2 aliphatic rings. The Morgan fingerprint density at radius 3 is 3.07 bits per heavy atom. The quantitative estimate of drug-likeness (QED) is 0.684. The Balaban J connectivity index is 1.95. The van der Waals surface area contributed by atoms with Crippen LogP contribution in [0.3, 0.4) is 0 Å². The molecule has 4 heteroatoms. The summed E-state index contributed by atoms with van der Waals surface area (Å²) in [6.45, 7) is 9.90. The highest BCUT2D eigenvalue weighted by Crippen LogP contribution is 2.13. The van der Waals surface area contributed by atoms with Crippen LogP contribution in [0.4, 0.5) is 0 Å². The molecule has 2 heterocycles. The van der Waals surface area contributed by atoms with Gasteiger partial charge in [-0.25, -0.2) is 0 Å². The second kappa shape index (κ2) is 4.49. The lowest BCUT2D eigenvalue weighted by atomic mass is 10.1. The van der Waals surface area contributed by atoms with Gasteiger partial charge in [0.05, 0.1) is 12.6 Å². The van der Waals surface area contributed by atoms with E-state index in [1.54, 1.807) is 0 Å². The molecule has 0 saturated carbocycles. The zero-order valence-electron chi connectivity index (χ0n) is 9.70. The third kappa shape index (κ3) is 2.49. The Morgan fingerprint density at radius 1 is 1.53 bits per heavy atom. The van der Waals surface area contributed by atoms with E-state index in [0.717, 1.165) is 32.7 Å². The maximum absolute atomic E-state index is 11.9. The van der Waals surface area contributed by atoms with Crippen molar-refractivity contribution in [1.29, 1.82) is 0 Å². The summed E-state index contributed by atoms with van der Waals surface area (Å²) in [5, 5.41) is 3.36. The van der Waals surface area contributed by atoms with Gasteiger partial charge in [0.15, 0.2) is 0 Å². The molecular formula is C11H21N3O. The highest BCUT2D eigenvalue weighted by Gasteiger charge is 2.33. The third-order valence-electron chi connectivity index (χ3n) is 3.12. The highest BCUT2D eigenvalue weighted by atomic mass is 16.2. The topological polar surface area (TPSA) is 35.6 Å². The first kappa shape index (κ1) is 10.9. The lowest BCUT2D eigenvalue weighted by molar-refractivity contribution is -0.141. The molecule has 2 aliphatic heterocycles. The van der Waals surface area contributed by atoms with Crippen LogP contribution in [0.25, 0.3) is 0 Å². The van der Waals surface area contributed by atoms with E-state index in [0.29, 0.717) is 24.4 Å². The van der Waals surface area contributed by atoms with Gasteiger partial charge >= 0.3 is 0 Å². The Hall–Kier alpha value is -0.610. The summed E-state index contributed by atoms with van der Waals surface area (Å²) >= 11 is 0. The Bertz CT molecular complexity index is 242. The lowest BCUT2D eigenvalue weighted by Crippen LogP contribution is -2.63. The Morgan fingerprint density at radius 2 is 2.33 bits per heavy atom. The molecule has 2 saturated heterocycles. The monoisotopic (exact) mass is 211 g/mol. The molecule has 0 aliphatic carbocycles. The van der Waals surface area contributed by atoms with Crippen LogP contribution in [-0.2, 0) is 4.79 Å². The first-order valence-corrected chi connectivity index (χ1v) is 5.89. The molecule has 86 valence electrons. The van der Waals surface area contributed by atoms with Gasteiger partial charge in [-0.1, -0.05) is 13.8 Å². The van der Waals surface area contributed by atoms with Gasteiger partial charge in [-0.15, -0.1) is 0 Å². The van der Waals surface area contributed by atoms with Gasteiger partial charge in [0.25, 0.3) is 0 Å². The summed E-state index contributed by atoms with van der Waals surface area (Å²) in [4.78, 5) is 16.2. The van der Waals surface area contributed by atoms with E-state index in [2.05, 4.69) is 24.1 Å². The summed E-state index contributed by atoms with van der Waals surface area (Å²) < 4.78 is 0. The number of piperazine rings is 2. The first-order valence-electron chi connectivity index (χ1n) is 5.89. The van der Waals surface area contributed by atoms with E-state index < -0.39 is 0 Å². The number of hydrogen-bond acceptors (Lipinski definition) is 3. The fraction of sp³-hybridized carbons (Fsp3) is 0.909. The molecule has 1 amide bonds. The maximum atomic E-state index is 11.9. The van der Waals surface area contributed by atoms with Gasteiger partial charge in [-0.3, -0.25) is 9.69 Å². The van der Waals surface area contributed by atoms with Crippen molar-refractivity contribution >= 4 is 5.91 Å². The van der Waals surface area contributed by atoms with Crippen molar-refractivity contribution in [3.8, 4) is 0 Å². The molecule has 1 unspecified atom stereocenters. The van der Waals surface area contributed by atoms with Crippen LogP contribution in [0.5, 0.6) is 0 Å². The summed E-state index contributed by atoms with van der Waals surface area (Å²) in [7, 11) is 0. The van der Waals surface area contributed by atoms with Crippen molar-refractivity contribution in [3.05, 3.63) is 0 Å². The van der Waals surface area contributed by atoms with E-state index in [1.165, 1.54) is 0 Å². The van der Waals surface area contributed by atoms with Crippen LogP contribution in [0.2, 0.25) is 0 Å². The molecule has 0 bridgehead atoms. The number of nitrogens with zero attached hydrogens (tertiary/aromatic N) is 2. The Labute approximate surface area is 91.6 Å². The van der Waals surface area contributed by atoms with E-state index in [-0.39, 0.29) is 0 Å². The van der Waals surface area contributed by atoms with Gasteiger partial charge in [0.2, 0.25) is 5.91 Å². The van der Waals surface area contributed by atoms with Crippen molar-refractivity contribution < 1.29 is 4.79 Å². The van der Waals surface area contributed by atoms with Crippen molar-refractivity contribution in [2.24, 2.45) is 5.92 Å². The molecule has 1 atom stereocenters. The number of fused-ring (bicyclic) bond motifs is 1. The molecule has 2 rings (SSSR count). The number of carbonyl (C=O) groups excluding carboxylic acids is 1. The highest BCUT2D eigenvalue weighted by molar-refractivity contribution is 5.79. The standard InChI is InChI=1S/C11H21N3O/c1-9(2)6-13-7-10-5-12-3-4-14(10)11(15)8-13/h9-10,12H,3-8H2,1-2H3. The van der Waals surface area contributed by atoms with Crippen LogP contribution in [0.15, 0.2) is 0 Å². The van der Waals surface area contributed by atoms with Gasteiger partial charge in [0, 0.05) is 32.7 Å². The molecule has 4 nitrogen and oxygen atoms in total. The van der Waals surface area contributed by atoms with Crippen LogP contribution in [-0.4, -0.2) is 61.0 Å². The van der Waals surface area contributed by atoms with Gasteiger partial charge < -0.3 is 10.2 Å². The summed E-state index contributed by atoms with van der Waals surface area (Å²) in [6, 6.07) is 0.402.